The molecule has 0 aliphatic carbocycles. The highest BCUT2D eigenvalue weighted by atomic mass is 32.2. The van der Waals surface area contributed by atoms with Crippen molar-refractivity contribution >= 4 is 40.3 Å². The summed E-state index contributed by atoms with van der Waals surface area (Å²) in [6.07, 6.45) is 3.82. The van der Waals surface area contributed by atoms with E-state index < -0.39 is 0 Å². The maximum Gasteiger partial charge on any atom is 0.266 e. The number of fused-ring (bicyclic) bond motifs is 2. The number of benzene rings is 2. The molecule has 0 radical (unpaired) electrons. The third-order valence-electron chi connectivity index (χ3n) is 4.96. The second-order valence-corrected chi connectivity index (χ2v) is 8.57. The van der Waals surface area contributed by atoms with Crippen LogP contribution < -0.4 is 14.2 Å². The fraction of sp³-hybridized carbons (Fsp3) is 0.182. The monoisotopic (exact) mass is 423 g/mol. The van der Waals surface area contributed by atoms with Gasteiger partial charge in [0.15, 0.2) is 11.5 Å². The lowest BCUT2D eigenvalue weighted by molar-refractivity contribution is -0.122. The summed E-state index contributed by atoms with van der Waals surface area (Å²) in [6, 6.07) is 13.5. The summed E-state index contributed by atoms with van der Waals surface area (Å²) in [5.74, 6) is 2.18. The van der Waals surface area contributed by atoms with E-state index >= 15 is 0 Å². The molecule has 3 aliphatic rings. The second kappa shape index (κ2) is 7.24. The SMILES string of the molecule is CC1Oc2ccccc2C=C1C=C1SC(=S)N(Cc2ccc3c(c2)OCO3)C1=O. The minimum absolute atomic E-state index is 0.0929. The van der Waals surface area contributed by atoms with E-state index in [0.29, 0.717) is 21.5 Å². The predicted octanol–water partition coefficient (Wildman–Crippen LogP) is 4.52. The third kappa shape index (κ3) is 3.41. The van der Waals surface area contributed by atoms with E-state index in [4.69, 9.17) is 26.4 Å². The molecule has 2 aromatic rings. The van der Waals surface area contributed by atoms with Gasteiger partial charge in [-0.2, -0.15) is 0 Å². The quantitative estimate of drug-likeness (QED) is 0.534. The summed E-state index contributed by atoms with van der Waals surface area (Å²) >= 11 is 6.79. The number of carbonyl (C=O) groups excluding carboxylic acids is 1. The van der Waals surface area contributed by atoms with Gasteiger partial charge in [0.1, 0.15) is 16.2 Å². The molecular weight excluding hydrogens is 406 g/mol. The summed E-state index contributed by atoms with van der Waals surface area (Å²) in [4.78, 5) is 15.2. The average Bonchev–Trinajstić information content (AvgIpc) is 3.28. The molecule has 1 atom stereocenters. The molecule has 0 saturated carbocycles. The maximum atomic E-state index is 13.0. The smallest absolute Gasteiger partial charge is 0.266 e. The number of amides is 1. The van der Waals surface area contributed by atoms with Gasteiger partial charge in [0.2, 0.25) is 6.79 Å². The number of hydrogen-bond donors (Lipinski definition) is 0. The summed E-state index contributed by atoms with van der Waals surface area (Å²) in [6.45, 7) is 2.60. The Morgan fingerprint density at radius 3 is 2.90 bits per heavy atom. The van der Waals surface area contributed by atoms with Gasteiger partial charge in [-0.1, -0.05) is 48.2 Å². The molecule has 1 saturated heterocycles. The van der Waals surface area contributed by atoms with Gasteiger partial charge in [-0.3, -0.25) is 9.69 Å². The van der Waals surface area contributed by atoms with E-state index in [1.165, 1.54) is 11.8 Å². The molecule has 1 unspecified atom stereocenters. The van der Waals surface area contributed by atoms with Crippen molar-refractivity contribution in [2.24, 2.45) is 0 Å². The Morgan fingerprint density at radius 1 is 1.17 bits per heavy atom. The molecular formula is C22H17NO4S2. The number of thiocarbonyl (C=S) groups is 1. The Labute approximate surface area is 177 Å². The fourth-order valence-corrected chi connectivity index (χ4v) is 4.69. The van der Waals surface area contributed by atoms with Crippen molar-refractivity contribution in [2.75, 3.05) is 6.79 Å². The molecule has 146 valence electrons. The lowest BCUT2D eigenvalue weighted by Crippen LogP contribution is -2.27. The number of nitrogens with zero attached hydrogens (tertiary/aromatic N) is 1. The van der Waals surface area contributed by atoms with E-state index in [2.05, 4.69) is 6.08 Å². The van der Waals surface area contributed by atoms with Crippen LogP contribution in [0.3, 0.4) is 0 Å². The standard InChI is InChI=1S/C22H17NO4S2/c1-13-16(9-15-4-2-3-5-17(15)27-13)10-20-21(24)23(22(28)29-20)11-14-6-7-18-19(8-14)26-12-25-18/h2-10,13H,11-12H2,1H3. The number of para-hydroxylation sites is 1. The van der Waals surface area contributed by atoms with E-state index in [1.807, 2.05) is 55.5 Å². The Hall–Kier alpha value is -2.77. The van der Waals surface area contributed by atoms with E-state index in [0.717, 1.165) is 28.2 Å². The molecule has 0 bridgehead atoms. The van der Waals surface area contributed by atoms with Crippen molar-refractivity contribution in [2.45, 2.75) is 19.6 Å². The van der Waals surface area contributed by atoms with Crippen LogP contribution in [0.5, 0.6) is 17.2 Å². The van der Waals surface area contributed by atoms with Crippen LogP contribution in [0.25, 0.3) is 6.08 Å². The van der Waals surface area contributed by atoms with Gasteiger partial charge in [-0.05, 0) is 48.4 Å². The fourth-order valence-electron chi connectivity index (χ4n) is 3.43. The molecule has 1 amide bonds. The molecule has 0 aromatic heterocycles. The Bertz CT molecular complexity index is 1090. The van der Waals surface area contributed by atoms with Crippen LogP contribution in [0.4, 0.5) is 0 Å². The van der Waals surface area contributed by atoms with Crippen molar-refractivity contribution < 1.29 is 19.0 Å². The second-order valence-electron chi connectivity index (χ2n) is 6.90. The lowest BCUT2D eigenvalue weighted by atomic mass is 10.0. The van der Waals surface area contributed by atoms with E-state index in [-0.39, 0.29) is 18.8 Å². The lowest BCUT2D eigenvalue weighted by Gasteiger charge is -2.23. The normalized spacial score (nSPS) is 21.3. The van der Waals surface area contributed by atoms with E-state index in [9.17, 15) is 4.79 Å². The molecule has 5 rings (SSSR count). The van der Waals surface area contributed by atoms with Crippen molar-refractivity contribution in [3.63, 3.8) is 0 Å². The van der Waals surface area contributed by atoms with Crippen LogP contribution in [0.1, 0.15) is 18.1 Å². The first-order valence-corrected chi connectivity index (χ1v) is 10.4. The topological polar surface area (TPSA) is 48.0 Å². The minimum atomic E-state index is -0.137. The Kier molecular flexibility index (Phi) is 4.56. The van der Waals surface area contributed by atoms with Crippen LogP contribution in [0, 0.1) is 0 Å². The molecule has 5 nitrogen and oxygen atoms in total. The van der Waals surface area contributed by atoms with Crippen molar-refractivity contribution in [3.8, 4) is 17.2 Å². The molecule has 3 aliphatic heterocycles. The average molecular weight is 424 g/mol. The largest absolute Gasteiger partial charge is 0.485 e. The zero-order valence-electron chi connectivity index (χ0n) is 15.6. The van der Waals surface area contributed by atoms with Crippen LogP contribution in [0.2, 0.25) is 0 Å². The van der Waals surface area contributed by atoms with Crippen LogP contribution in [-0.2, 0) is 11.3 Å². The minimum Gasteiger partial charge on any atom is -0.485 e. The first-order valence-electron chi connectivity index (χ1n) is 9.20. The molecule has 29 heavy (non-hydrogen) atoms. The summed E-state index contributed by atoms with van der Waals surface area (Å²) in [5.41, 5.74) is 2.90. The van der Waals surface area contributed by atoms with Gasteiger partial charge in [0.25, 0.3) is 5.91 Å². The highest BCUT2D eigenvalue weighted by Gasteiger charge is 2.33. The Morgan fingerprint density at radius 2 is 2.00 bits per heavy atom. The molecule has 2 aromatic carbocycles. The van der Waals surface area contributed by atoms with Gasteiger partial charge in [-0.25, -0.2) is 0 Å². The Balaban J connectivity index is 1.38. The third-order valence-corrected chi connectivity index (χ3v) is 6.34. The number of ether oxygens (including phenoxy) is 3. The summed E-state index contributed by atoms with van der Waals surface area (Å²) in [7, 11) is 0. The number of hydrogen-bond acceptors (Lipinski definition) is 6. The molecule has 0 N–H and O–H groups in total. The van der Waals surface area contributed by atoms with Crippen LogP contribution >= 0.6 is 24.0 Å². The van der Waals surface area contributed by atoms with Crippen LogP contribution in [-0.4, -0.2) is 28.0 Å². The molecule has 0 spiro atoms. The first kappa shape index (κ1) is 18.3. The number of carbonyl (C=O) groups is 1. The highest BCUT2D eigenvalue weighted by molar-refractivity contribution is 8.26. The van der Waals surface area contributed by atoms with Gasteiger partial charge < -0.3 is 14.2 Å². The molecule has 1 fully saturated rings. The molecule has 7 heteroatoms. The van der Waals surface area contributed by atoms with Crippen molar-refractivity contribution in [3.05, 3.63) is 70.1 Å². The van der Waals surface area contributed by atoms with Gasteiger partial charge in [-0.15, -0.1) is 0 Å². The van der Waals surface area contributed by atoms with Gasteiger partial charge in [0, 0.05) is 5.56 Å². The predicted molar refractivity (Wildman–Crippen MR) is 116 cm³/mol. The van der Waals surface area contributed by atoms with Crippen molar-refractivity contribution in [1.29, 1.82) is 0 Å². The molecule has 3 heterocycles. The maximum absolute atomic E-state index is 13.0. The highest BCUT2D eigenvalue weighted by Crippen LogP contribution is 2.37. The van der Waals surface area contributed by atoms with Crippen molar-refractivity contribution in [1.82, 2.24) is 4.90 Å². The van der Waals surface area contributed by atoms with Gasteiger partial charge >= 0.3 is 0 Å². The number of rotatable bonds is 3. The summed E-state index contributed by atoms with van der Waals surface area (Å²) in [5, 5.41) is 0. The van der Waals surface area contributed by atoms with Crippen LogP contribution in [0.15, 0.2) is 59.0 Å². The van der Waals surface area contributed by atoms with E-state index in [1.54, 1.807) is 4.90 Å². The first-order chi connectivity index (χ1) is 14.1. The zero-order chi connectivity index (χ0) is 20.0. The zero-order valence-corrected chi connectivity index (χ0v) is 17.2. The van der Waals surface area contributed by atoms with Gasteiger partial charge in [0.05, 0.1) is 11.4 Å². The number of thioether (sulfide) groups is 1. The summed E-state index contributed by atoms with van der Waals surface area (Å²) < 4.78 is 17.3.